The van der Waals surface area contributed by atoms with Crippen molar-refractivity contribution in [3.8, 4) is 0 Å². The molecule has 0 saturated carbocycles. The second-order valence-electron chi connectivity index (χ2n) is 4.83. The first-order valence-corrected chi connectivity index (χ1v) is 8.00. The Kier molecular flexibility index (Phi) is 4.56. The molecule has 0 fully saturated rings. The van der Waals surface area contributed by atoms with Crippen molar-refractivity contribution in [1.82, 2.24) is 4.31 Å². The molecule has 6 heteroatoms. The van der Waals surface area contributed by atoms with Crippen molar-refractivity contribution >= 4 is 26.0 Å². The molecule has 0 atom stereocenters. The number of alkyl halides is 1. The van der Waals surface area contributed by atoms with Crippen LogP contribution in [0.15, 0.2) is 23.1 Å². The fourth-order valence-electron chi connectivity index (χ4n) is 1.46. The Hall–Kier alpha value is -0.460. The molecule has 0 heterocycles. The van der Waals surface area contributed by atoms with Crippen molar-refractivity contribution in [1.29, 1.82) is 0 Å². The maximum atomic E-state index is 13.0. The van der Waals surface area contributed by atoms with E-state index < -0.39 is 21.4 Å². The highest BCUT2D eigenvalue weighted by molar-refractivity contribution is 9.09. The Morgan fingerprint density at radius 2 is 1.94 bits per heavy atom. The molecule has 1 aromatic rings. The van der Waals surface area contributed by atoms with Gasteiger partial charge >= 0.3 is 0 Å². The van der Waals surface area contributed by atoms with E-state index in [1.165, 1.54) is 23.5 Å². The SMILES string of the molecule is Cc1cc(F)ccc1S(=O)(=O)N(C)C(C)(C)CBr. The van der Waals surface area contributed by atoms with E-state index in [9.17, 15) is 12.8 Å². The molecule has 0 saturated heterocycles. The van der Waals surface area contributed by atoms with Crippen LogP contribution in [0.5, 0.6) is 0 Å². The van der Waals surface area contributed by atoms with E-state index in [1.807, 2.05) is 13.8 Å². The topological polar surface area (TPSA) is 37.4 Å². The van der Waals surface area contributed by atoms with E-state index in [0.717, 1.165) is 6.07 Å². The number of rotatable bonds is 4. The zero-order chi connectivity index (χ0) is 14.1. The predicted octanol–water partition coefficient (Wildman–Crippen LogP) is 2.93. The third kappa shape index (κ3) is 2.92. The van der Waals surface area contributed by atoms with E-state index in [-0.39, 0.29) is 4.90 Å². The second kappa shape index (κ2) is 5.27. The second-order valence-corrected chi connectivity index (χ2v) is 7.33. The Labute approximate surface area is 116 Å². The van der Waals surface area contributed by atoms with Gasteiger partial charge in [-0.15, -0.1) is 0 Å². The summed E-state index contributed by atoms with van der Waals surface area (Å²) >= 11 is 3.30. The normalized spacial score (nSPS) is 13.1. The lowest BCUT2D eigenvalue weighted by Crippen LogP contribution is -2.46. The number of aryl methyl sites for hydroxylation is 1. The fraction of sp³-hybridized carbons (Fsp3) is 0.500. The molecule has 0 spiro atoms. The van der Waals surface area contributed by atoms with Gasteiger partial charge in [0.1, 0.15) is 5.82 Å². The third-order valence-corrected chi connectivity index (χ3v) is 6.56. The molecule has 0 aliphatic rings. The summed E-state index contributed by atoms with van der Waals surface area (Å²) in [6.45, 7) is 5.22. The summed E-state index contributed by atoms with van der Waals surface area (Å²) in [5.74, 6) is -0.436. The zero-order valence-electron chi connectivity index (χ0n) is 10.9. The lowest BCUT2D eigenvalue weighted by molar-refractivity contribution is 0.299. The molecule has 102 valence electrons. The van der Waals surface area contributed by atoms with Gasteiger partial charge in [-0.25, -0.2) is 12.8 Å². The highest BCUT2D eigenvalue weighted by atomic mass is 79.9. The van der Waals surface area contributed by atoms with Crippen LogP contribution in [-0.2, 0) is 10.0 Å². The van der Waals surface area contributed by atoms with Gasteiger partial charge in [0.25, 0.3) is 0 Å². The monoisotopic (exact) mass is 337 g/mol. The van der Waals surface area contributed by atoms with Gasteiger partial charge in [-0.05, 0) is 44.5 Å². The summed E-state index contributed by atoms with van der Waals surface area (Å²) in [5.41, 5.74) is -0.146. The summed E-state index contributed by atoms with van der Waals surface area (Å²) in [7, 11) is -2.09. The molecular weight excluding hydrogens is 321 g/mol. The standard InChI is InChI=1S/C12H17BrFNO2S/c1-9-7-10(14)5-6-11(9)18(16,17)15(4)12(2,3)8-13/h5-7H,8H2,1-4H3. The summed E-state index contributed by atoms with van der Waals surface area (Å²) in [6, 6.07) is 3.69. The molecule has 1 rings (SSSR count). The number of nitrogens with zero attached hydrogens (tertiary/aromatic N) is 1. The summed E-state index contributed by atoms with van der Waals surface area (Å²) in [4.78, 5) is 0.139. The van der Waals surface area contributed by atoms with Crippen LogP contribution in [0.2, 0.25) is 0 Å². The molecule has 0 N–H and O–H groups in total. The Morgan fingerprint density at radius 1 is 1.39 bits per heavy atom. The predicted molar refractivity (Wildman–Crippen MR) is 74.0 cm³/mol. The van der Waals surface area contributed by atoms with E-state index in [2.05, 4.69) is 15.9 Å². The summed E-state index contributed by atoms with van der Waals surface area (Å²) < 4.78 is 39.2. The Morgan fingerprint density at radius 3 is 2.39 bits per heavy atom. The minimum Gasteiger partial charge on any atom is -0.207 e. The molecule has 0 bridgehead atoms. The lowest BCUT2D eigenvalue weighted by Gasteiger charge is -2.33. The molecule has 0 aliphatic carbocycles. The van der Waals surface area contributed by atoms with E-state index in [4.69, 9.17) is 0 Å². The van der Waals surface area contributed by atoms with Crippen LogP contribution < -0.4 is 0 Å². The van der Waals surface area contributed by atoms with E-state index in [1.54, 1.807) is 6.92 Å². The number of halogens is 2. The maximum absolute atomic E-state index is 13.0. The van der Waals surface area contributed by atoms with Gasteiger partial charge in [-0.3, -0.25) is 0 Å². The number of benzene rings is 1. The molecule has 18 heavy (non-hydrogen) atoms. The first kappa shape index (κ1) is 15.6. The van der Waals surface area contributed by atoms with Crippen molar-refractivity contribution < 1.29 is 12.8 Å². The molecule has 1 aromatic carbocycles. The van der Waals surface area contributed by atoms with Crippen LogP contribution in [0.3, 0.4) is 0 Å². The molecule has 0 radical (unpaired) electrons. The lowest BCUT2D eigenvalue weighted by atomic mass is 10.1. The van der Waals surface area contributed by atoms with Crippen LogP contribution in [-0.4, -0.2) is 30.6 Å². The Bertz CT molecular complexity index is 543. The molecular formula is C12H17BrFNO2S. The molecule has 0 aromatic heterocycles. The minimum absolute atomic E-state index is 0.139. The third-order valence-electron chi connectivity index (χ3n) is 2.95. The fourth-order valence-corrected chi connectivity index (χ4v) is 3.72. The first-order valence-electron chi connectivity index (χ1n) is 5.44. The molecule has 3 nitrogen and oxygen atoms in total. The van der Waals surface area contributed by atoms with Crippen LogP contribution in [0.4, 0.5) is 4.39 Å². The first-order chi connectivity index (χ1) is 8.13. The molecule has 0 unspecified atom stereocenters. The number of hydrogen-bond donors (Lipinski definition) is 0. The maximum Gasteiger partial charge on any atom is 0.243 e. The van der Waals surface area contributed by atoms with Gasteiger partial charge in [0.05, 0.1) is 4.90 Å². The number of sulfonamides is 1. The van der Waals surface area contributed by atoms with Gasteiger partial charge in [0.15, 0.2) is 0 Å². The van der Waals surface area contributed by atoms with Crippen molar-refractivity contribution in [2.75, 3.05) is 12.4 Å². The van der Waals surface area contributed by atoms with Crippen LogP contribution in [0.1, 0.15) is 19.4 Å². The van der Waals surface area contributed by atoms with E-state index >= 15 is 0 Å². The quantitative estimate of drug-likeness (QED) is 0.792. The summed E-state index contributed by atoms with van der Waals surface area (Å²) in [5, 5.41) is 0.510. The van der Waals surface area contributed by atoms with Gasteiger partial charge in [-0.1, -0.05) is 15.9 Å². The van der Waals surface area contributed by atoms with Crippen LogP contribution >= 0.6 is 15.9 Å². The van der Waals surface area contributed by atoms with Crippen molar-refractivity contribution in [2.24, 2.45) is 0 Å². The van der Waals surface area contributed by atoms with Gasteiger partial charge < -0.3 is 0 Å². The average molecular weight is 338 g/mol. The number of hydrogen-bond acceptors (Lipinski definition) is 2. The minimum atomic E-state index is -3.62. The van der Waals surface area contributed by atoms with Gasteiger partial charge in [0.2, 0.25) is 10.0 Å². The smallest absolute Gasteiger partial charge is 0.207 e. The van der Waals surface area contributed by atoms with Crippen LogP contribution in [0.25, 0.3) is 0 Å². The Balaban J connectivity index is 3.30. The van der Waals surface area contributed by atoms with Crippen molar-refractivity contribution in [2.45, 2.75) is 31.2 Å². The highest BCUT2D eigenvalue weighted by Crippen LogP contribution is 2.26. The van der Waals surface area contributed by atoms with Gasteiger partial charge in [0, 0.05) is 17.9 Å². The molecule has 0 aliphatic heterocycles. The van der Waals surface area contributed by atoms with E-state index in [0.29, 0.717) is 10.9 Å². The largest absolute Gasteiger partial charge is 0.243 e. The highest BCUT2D eigenvalue weighted by Gasteiger charge is 2.33. The summed E-state index contributed by atoms with van der Waals surface area (Å²) in [6.07, 6.45) is 0. The zero-order valence-corrected chi connectivity index (χ0v) is 13.3. The van der Waals surface area contributed by atoms with Crippen molar-refractivity contribution in [3.63, 3.8) is 0 Å². The van der Waals surface area contributed by atoms with Crippen molar-refractivity contribution in [3.05, 3.63) is 29.6 Å². The van der Waals surface area contributed by atoms with Gasteiger partial charge in [-0.2, -0.15) is 4.31 Å². The average Bonchev–Trinajstić information content (AvgIpc) is 2.27. The van der Waals surface area contributed by atoms with Crippen LogP contribution in [0, 0.1) is 12.7 Å². The molecule has 0 amide bonds.